The Morgan fingerprint density at radius 3 is 3.00 bits per heavy atom. The van der Waals surface area contributed by atoms with Crippen molar-refractivity contribution in [1.82, 2.24) is 0 Å². The van der Waals surface area contributed by atoms with Crippen LogP contribution in [-0.4, -0.2) is 5.88 Å². The van der Waals surface area contributed by atoms with Crippen LogP contribution in [0.5, 0.6) is 0 Å². The summed E-state index contributed by atoms with van der Waals surface area (Å²) in [6.45, 7) is 0. The normalized spacial score (nSPS) is 15.5. The van der Waals surface area contributed by atoms with Gasteiger partial charge in [-0.15, -0.1) is 0 Å². The van der Waals surface area contributed by atoms with Gasteiger partial charge in [0.15, 0.2) is 0 Å². The van der Waals surface area contributed by atoms with Crippen LogP contribution in [-0.2, 0) is 5.21 Å². The summed E-state index contributed by atoms with van der Waals surface area (Å²) in [5.41, 5.74) is 0.813. The fraction of sp³-hybridized carbons (Fsp3) is 0.143. The van der Waals surface area contributed by atoms with Crippen molar-refractivity contribution in [3.8, 4) is 0 Å². The van der Waals surface area contributed by atoms with E-state index in [4.69, 9.17) is 0 Å². The van der Waals surface area contributed by atoms with Gasteiger partial charge in [-0.2, -0.15) is 0 Å². The Hall–Kier alpha value is -0.670. The molecule has 1 aliphatic rings. The molecule has 1 heterocycles. The van der Waals surface area contributed by atoms with Crippen LogP contribution >= 0.6 is 11.8 Å². The lowest BCUT2D eigenvalue weighted by Crippen LogP contribution is -2.09. The van der Waals surface area contributed by atoms with Crippen LogP contribution in [0.25, 0.3) is 0 Å². The van der Waals surface area contributed by atoms with Crippen molar-refractivity contribution in [2.24, 2.45) is 0 Å². The molecule has 0 bridgehead atoms. The fourth-order valence-corrected chi connectivity index (χ4v) is 1.87. The van der Waals surface area contributed by atoms with Crippen molar-refractivity contribution in [3.63, 3.8) is 0 Å². The van der Waals surface area contributed by atoms with E-state index in [0.29, 0.717) is 5.88 Å². The third-order valence-electron chi connectivity index (χ3n) is 1.47. The third kappa shape index (κ3) is 0.786. The Bertz CT molecular complexity index is 251. The van der Waals surface area contributed by atoms with E-state index in [0.717, 1.165) is 15.6 Å². The van der Waals surface area contributed by atoms with Crippen molar-refractivity contribution < 1.29 is 5.21 Å². The van der Waals surface area contributed by atoms with Gasteiger partial charge < -0.3 is 0 Å². The van der Waals surface area contributed by atoms with Crippen molar-refractivity contribution in [1.29, 1.82) is 0 Å². The zero-order chi connectivity index (χ0) is 6.97. The van der Waals surface area contributed by atoms with Crippen LogP contribution in [0.3, 0.4) is 0 Å². The van der Waals surface area contributed by atoms with Crippen molar-refractivity contribution >= 4 is 17.4 Å². The first-order valence-corrected chi connectivity index (χ1v) is 4.03. The predicted molar refractivity (Wildman–Crippen MR) is 40.3 cm³/mol. The molecule has 0 aromatic heterocycles. The molecule has 0 N–H and O–H groups in total. The summed E-state index contributed by atoms with van der Waals surface area (Å²) < 4.78 is 0. The van der Waals surface area contributed by atoms with Crippen LogP contribution in [0.1, 0.15) is 0 Å². The molecule has 1 aromatic rings. The van der Waals surface area contributed by atoms with E-state index >= 15 is 0 Å². The lowest BCUT2D eigenvalue weighted by Gasteiger charge is -2.02. The second kappa shape index (κ2) is 2.18. The summed E-state index contributed by atoms with van der Waals surface area (Å²) in [5.74, 6) is 0.541. The topological polar surface area (TPSA) is 23.1 Å². The number of hydrogen-bond acceptors (Lipinski definition) is 2. The summed E-state index contributed by atoms with van der Waals surface area (Å²) in [6.07, 6.45) is 0. The monoisotopic (exact) mass is 152 g/mol. The number of fused-ring (bicyclic) bond motifs is 1. The third-order valence-corrected chi connectivity index (χ3v) is 2.49. The number of benzene rings is 1. The van der Waals surface area contributed by atoms with Gasteiger partial charge in [0.2, 0.25) is 0 Å². The molecule has 1 aliphatic heterocycles. The second-order valence-electron chi connectivity index (χ2n) is 2.12. The molecule has 2 nitrogen and oxygen atoms in total. The van der Waals surface area contributed by atoms with E-state index in [2.05, 4.69) is 0 Å². The molecule has 0 amide bonds. The number of nitrogens with zero attached hydrogens (tertiary/aromatic N) is 1. The lowest BCUT2D eigenvalue weighted by molar-refractivity contribution is 0.174. The Kier molecular flexibility index (Phi) is 1.32. The molecule has 1 aromatic carbocycles. The minimum Gasteiger partial charge on any atom is -0.209 e. The van der Waals surface area contributed by atoms with Gasteiger partial charge in [0.25, 0.3) is 0 Å². The number of rotatable bonds is 0. The average molecular weight is 152 g/mol. The average Bonchev–Trinajstić information content (AvgIpc) is 2.34. The van der Waals surface area contributed by atoms with Gasteiger partial charge in [0.05, 0.1) is 11.6 Å². The van der Waals surface area contributed by atoms with Crippen LogP contribution in [0, 0.1) is 0 Å². The number of thioether (sulfide) groups is 1. The Morgan fingerprint density at radius 1 is 1.40 bits per heavy atom. The molecule has 51 valence electrons. The van der Waals surface area contributed by atoms with Gasteiger partial charge in [-0.05, 0) is 12.1 Å². The minimum absolute atomic E-state index is 0.541. The van der Waals surface area contributed by atoms with Crippen molar-refractivity contribution in [2.45, 2.75) is 4.90 Å². The maximum atomic E-state index is 11.0. The van der Waals surface area contributed by atoms with Gasteiger partial charge in [0, 0.05) is 4.90 Å². The number of hydrogen-bond donors (Lipinski definition) is 0. The quantitative estimate of drug-likeness (QED) is 0.566. The highest BCUT2D eigenvalue weighted by Crippen LogP contribution is 2.36. The van der Waals surface area contributed by atoms with Crippen molar-refractivity contribution in [3.05, 3.63) is 24.3 Å². The van der Waals surface area contributed by atoms with E-state index in [9.17, 15) is 5.21 Å². The summed E-state index contributed by atoms with van der Waals surface area (Å²) >= 11 is 1.59. The smallest absolute Gasteiger partial charge is 0.0988 e. The molecule has 3 heteroatoms. The molecule has 0 unspecified atom stereocenters. The first-order chi connectivity index (χ1) is 4.88. The van der Waals surface area contributed by atoms with Crippen molar-refractivity contribution in [2.75, 3.05) is 10.9 Å². The second-order valence-corrected chi connectivity index (χ2v) is 3.11. The molecule has 0 fully saturated rings. The number of hydroxylamine groups is 1. The highest BCUT2D eigenvalue weighted by atomic mass is 32.2. The van der Waals surface area contributed by atoms with Gasteiger partial charge in [-0.25, -0.2) is 5.06 Å². The number of anilines is 1. The molecule has 0 saturated heterocycles. The van der Waals surface area contributed by atoms with Gasteiger partial charge in [-0.1, -0.05) is 29.1 Å². The highest BCUT2D eigenvalue weighted by Gasteiger charge is 2.17. The molecule has 2 rings (SSSR count). The van der Waals surface area contributed by atoms with E-state index in [1.54, 1.807) is 11.8 Å². The molecule has 0 atom stereocenters. The molecule has 1 radical (unpaired) electrons. The molecular weight excluding hydrogens is 146 g/mol. The summed E-state index contributed by atoms with van der Waals surface area (Å²) in [7, 11) is 0. The molecule has 0 aliphatic carbocycles. The SMILES string of the molecule is [O]N1CSc2ccccc21. The van der Waals surface area contributed by atoms with Gasteiger partial charge in [-0.3, -0.25) is 0 Å². The largest absolute Gasteiger partial charge is 0.209 e. The van der Waals surface area contributed by atoms with Crippen LogP contribution < -0.4 is 5.06 Å². The van der Waals surface area contributed by atoms with Crippen LogP contribution in [0.15, 0.2) is 29.2 Å². The zero-order valence-electron chi connectivity index (χ0n) is 5.28. The van der Waals surface area contributed by atoms with E-state index in [-0.39, 0.29) is 0 Å². The van der Waals surface area contributed by atoms with Gasteiger partial charge >= 0.3 is 0 Å². The van der Waals surface area contributed by atoms with E-state index in [1.807, 2.05) is 24.3 Å². The van der Waals surface area contributed by atoms with Crippen LogP contribution in [0.4, 0.5) is 5.69 Å². The first kappa shape index (κ1) is 6.07. The highest BCUT2D eigenvalue weighted by molar-refractivity contribution is 7.99. The summed E-state index contributed by atoms with van der Waals surface area (Å²) in [5, 5.41) is 12.0. The summed E-state index contributed by atoms with van der Waals surface area (Å²) in [6, 6.07) is 7.65. The zero-order valence-corrected chi connectivity index (χ0v) is 6.10. The number of para-hydroxylation sites is 1. The predicted octanol–water partition coefficient (Wildman–Crippen LogP) is 1.90. The fourth-order valence-electron chi connectivity index (χ4n) is 0.983. The maximum absolute atomic E-state index is 11.0. The molecule has 10 heavy (non-hydrogen) atoms. The van der Waals surface area contributed by atoms with E-state index in [1.165, 1.54) is 0 Å². The lowest BCUT2D eigenvalue weighted by atomic mass is 10.3. The molecule has 0 spiro atoms. The Labute approximate surface area is 63.4 Å². The maximum Gasteiger partial charge on any atom is 0.0988 e. The minimum atomic E-state index is 0.541. The van der Waals surface area contributed by atoms with Gasteiger partial charge in [0.1, 0.15) is 0 Å². The molecule has 0 saturated carbocycles. The van der Waals surface area contributed by atoms with E-state index < -0.39 is 0 Å². The van der Waals surface area contributed by atoms with Crippen LogP contribution in [0.2, 0.25) is 0 Å². The Morgan fingerprint density at radius 2 is 2.20 bits per heavy atom. The molecular formula is C7H6NOS. The first-order valence-electron chi connectivity index (χ1n) is 3.04. The Balaban J connectivity index is 2.51. The standard InChI is InChI=1S/C7H6NOS/c9-8-5-10-7-4-2-1-3-6(7)8/h1-4H,5H2. The summed E-state index contributed by atoms with van der Waals surface area (Å²) in [4.78, 5) is 1.09.